The summed E-state index contributed by atoms with van der Waals surface area (Å²) in [6.07, 6.45) is 1.97. The molecule has 0 bridgehead atoms. The second-order valence-electron chi connectivity index (χ2n) is 5.03. The highest BCUT2D eigenvalue weighted by molar-refractivity contribution is 7.87. The maximum absolute atomic E-state index is 12.0. The zero-order valence-corrected chi connectivity index (χ0v) is 10.8. The summed E-state index contributed by atoms with van der Waals surface area (Å²) in [5, 5.41) is 0. The van der Waals surface area contributed by atoms with Crippen LogP contribution in [0.4, 0.5) is 0 Å². The fourth-order valence-electron chi connectivity index (χ4n) is 2.56. The van der Waals surface area contributed by atoms with E-state index in [2.05, 4.69) is 16.5 Å². The zero-order chi connectivity index (χ0) is 11.8. The van der Waals surface area contributed by atoms with Crippen LogP contribution in [0, 0.1) is 5.92 Å². The first-order valence-corrected chi connectivity index (χ1v) is 7.39. The normalized spacial score (nSPS) is 33.6. The third-order valence-electron chi connectivity index (χ3n) is 3.50. The number of nitrogens with one attached hydrogen (secondary N) is 1. The van der Waals surface area contributed by atoms with Gasteiger partial charge in [0.25, 0.3) is 10.2 Å². The number of nitrogens with zero attached hydrogens (tertiary/aromatic N) is 2. The van der Waals surface area contributed by atoms with Crippen LogP contribution in [0.25, 0.3) is 0 Å². The Bertz CT molecular complexity index is 338. The van der Waals surface area contributed by atoms with Crippen molar-refractivity contribution in [1.82, 2.24) is 13.9 Å². The van der Waals surface area contributed by atoms with Crippen molar-refractivity contribution >= 4 is 10.2 Å². The SMILES string of the molecule is C[C@H]1CN(C)C[C@H]1NS(=O)(=O)N1CCCC1. The average Bonchev–Trinajstić information content (AvgIpc) is 2.76. The second-order valence-corrected chi connectivity index (χ2v) is 6.74. The molecule has 0 aromatic carbocycles. The van der Waals surface area contributed by atoms with Crippen molar-refractivity contribution in [2.24, 2.45) is 5.92 Å². The van der Waals surface area contributed by atoms with E-state index in [0.29, 0.717) is 19.0 Å². The molecule has 0 aromatic heterocycles. The molecule has 2 atom stereocenters. The lowest BCUT2D eigenvalue weighted by molar-refractivity contribution is 0.398. The van der Waals surface area contributed by atoms with Gasteiger partial charge in [-0.3, -0.25) is 0 Å². The number of hydrogen-bond donors (Lipinski definition) is 1. The third kappa shape index (κ3) is 2.56. The molecule has 0 aromatic rings. The lowest BCUT2D eigenvalue weighted by atomic mass is 10.1. The van der Waals surface area contributed by atoms with Gasteiger partial charge >= 0.3 is 0 Å². The molecule has 94 valence electrons. The first-order chi connectivity index (χ1) is 7.49. The molecule has 0 radical (unpaired) electrons. The molecule has 0 spiro atoms. The standard InChI is InChI=1S/C10H21N3O2S/c1-9-7-12(2)8-10(9)11-16(14,15)13-5-3-4-6-13/h9-11H,3-8H2,1-2H3/t9-,10+/m0/s1. The van der Waals surface area contributed by atoms with Gasteiger partial charge in [-0.1, -0.05) is 6.92 Å². The Labute approximate surface area is 98.0 Å². The van der Waals surface area contributed by atoms with Crippen molar-refractivity contribution in [1.29, 1.82) is 0 Å². The summed E-state index contributed by atoms with van der Waals surface area (Å²) in [6, 6.07) is 0.0654. The first kappa shape index (κ1) is 12.3. The van der Waals surface area contributed by atoms with Crippen LogP contribution >= 0.6 is 0 Å². The summed E-state index contributed by atoms with van der Waals surface area (Å²) in [5.74, 6) is 0.391. The highest BCUT2D eigenvalue weighted by Crippen LogP contribution is 2.18. The second kappa shape index (κ2) is 4.60. The van der Waals surface area contributed by atoms with Crippen LogP contribution in [0.3, 0.4) is 0 Å². The fraction of sp³-hybridized carbons (Fsp3) is 1.00. The Morgan fingerprint density at radius 3 is 2.31 bits per heavy atom. The van der Waals surface area contributed by atoms with Gasteiger partial charge in [0.1, 0.15) is 0 Å². The molecule has 0 aliphatic carbocycles. The molecule has 2 heterocycles. The number of rotatable bonds is 3. The minimum atomic E-state index is -3.24. The van der Waals surface area contributed by atoms with Crippen LogP contribution in [0.2, 0.25) is 0 Å². The van der Waals surface area contributed by atoms with Gasteiger partial charge in [0.05, 0.1) is 0 Å². The predicted molar refractivity (Wildman–Crippen MR) is 63.3 cm³/mol. The number of likely N-dealkylation sites (N-methyl/N-ethyl adjacent to an activating group) is 1. The van der Waals surface area contributed by atoms with Gasteiger partial charge < -0.3 is 4.90 Å². The highest BCUT2D eigenvalue weighted by Gasteiger charge is 2.33. The summed E-state index contributed by atoms with van der Waals surface area (Å²) in [5.41, 5.74) is 0. The van der Waals surface area contributed by atoms with Crippen LogP contribution in [-0.4, -0.2) is 56.9 Å². The minimum Gasteiger partial charge on any atom is -0.304 e. The number of likely N-dealkylation sites (tertiary alicyclic amines) is 1. The molecule has 2 saturated heterocycles. The summed E-state index contributed by atoms with van der Waals surface area (Å²) < 4.78 is 28.5. The van der Waals surface area contributed by atoms with Gasteiger partial charge in [-0.25, -0.2) is 0 Å². The smallest absolute Gasteiger partial charge is 0.279 e. The third-order valence-corrected chi connectivity index (χ3v) is 5.15. The Morgan fingerprint density at radius 1 is 1.19 bits per heavy atom. The molecule has 0 unspecified atom stereocenters. The first-order valence-electron chi connectivity index (χ1n) is 5.95. The van der Waals surface area contributed by atoms with Crippen molar-refractivity contribution in [3.8, 4) is 0 Å². The van der Waals surface area contributed by atoms with Gasteiger partial charge in [0.2, 0.25) is 0 Å². The summed E-state index contributed by atoms with van der Waals surface area (Å²) in [7, 11) is -1.21. The van der Waals surface area contributed by atoms with Gasteiger partial charge in [-0.05, 0) is 25.8 Å². The van der Waals surface area contributed by atoms with Crippen molar-refractivity contribution in [3.63, 3.8) is 0 Å². The molecule has 5 nitrogen and oxygen atoms in total. The van der Waals surface area contributed by atoms with Gasteiger partial charge in [0.15, 0.2) is 0 Å². The van der Waals surface area contributed by atoms with E-state index in [0.717, 1.165) is 25.9 Å². The molecule has 1 N–H and O–H groups in total. The van der Waals surface area contributed by atoms with Crippen LogP contribution < -0.4 is 4.72 Å². The highest BCUT2D eigenvalue weighted by atomic mass is 32.2. The predicted octanol–water partition coefficient (Wildman–Crippen LogP) is -0.133. The van der Waals surface area contributed by atoms with Gasteiger partial charge in [-0.15, -0.1) is 0 Å². The molecule has 2 aliphatic rings. The lowest BCUT2D eigenvalue weighted by Gasteiger charge is -2.21. The topological polar surface area (TPSA) is 52.7 Å². The Balaban J connectivity index is 1.98. The molecule has 2 aliphatic heterocycles. The Kier molecular flexibility index (Phi) is 3.53. The maximum Gasteiger partial charge on any atom is 0.279 e. The Morgan fingerprint density at radius 2 is 1.81 bits per heavy atom. The summed E-state index contributed by atoms with van der Waals surface area (Å²) >= 11 is 0. The van der Waals surface area contributed by atoms with E-state index in [4.69, 9.17) is 0 Å². The largest absolute Gasteiger partial charge is 0.304 e. The van der Waals surface area contributed by atoms with E-state index in [1.54, 1.807) is 4.31 Å². The molecule has 16 heavy (non-hydrogen) atoms. The molecule has 0 saturated carbocycles. The summed E-state index contributed by atoms with van der Waals surface area (Å²) in [6.45, 7) is 5.22. The lowest BCUT2D eigenvalue weighted by Crippen LogP contribution is -2.46. The van der Waals surface area contributed by atoms with Gasteiger partial charge in [-0.2, -0.15) is 17.4 Å². The van der Waals surface area contributed by atoms with E-state index in [1.165, 1.54) is 0 Å². The molecule has 2 rings (SSSR count). The number of hydrogen-bond acceptors (Lipinski definition) is 3. The van der Waals surface area contributed by atoms with Crippen molar-refractivity contribution in [3.05, 3.63) is 0 Å². The van der Waals surface area contributed by atoms with Gasteiger partial charge in [0, 0.05) is 32.2 Å². The quantitative estimate of drug-likeness (QED) is 0.755. The molecular weight excluding hydrogens is 226 g/mol. The van der Waals surface area contributed by atoms with Crippen LogP contribution in [0.5, 0.6) is 0 Å². The molecule has 6 heteroatoms. The summed E-state index contributed by atoms with van der Waals surface area (Å²) in [4.78, 5) is 2.17. The molecule has 0 amide bonds. The van der Waals surface area contributed by atoms with E-state index in [-0.39, 0.29) is 6.04 Å². The van der Waals surface area contributed by atoms with Crippen LogP contribution in [0.15, 0.2) is 0 Å². The Hall–Kier alpha value is -0.170. The molecule has 2 fully saturated rings. The zero-order valence-electron chi connectivity index (χ0n) is 10.0. The van der Waals surface area contributed by atoms with E-state index < -0.39 is 10.2 Å². The molecular formula is C10H21N3O2S. The fourth-order valence-corrected chi connectivity index (χ4v) is 4.13. The van der Waals surface area contributed by atoms with Crippen molar-refractivity contribution in [2.45, 2.75) is 25.8 Å². The minimum absolute atomic E-state index is 0.0654. The van der Waals surface area contributed by atoms with E-state index in [9.17, 15) is 8.42 Å². The van der Waals surface area contributed by atoms with Crippen LogP contribution in [-0.2, 0) is 10.2 Å². The monoisotopic (exact) mass is 247 g/mol. The van der Waals surface area contributed by atoms with Crippen molar-refractivity contribution < 1.29 is 8.42 Å². The average molecular weight is 247 g/mol. The van der Waals surface area contributed by atoms with E-state index >= 15 is 0 Å². The van der Waals surface area contributed by atoms with E-state index in [1.807, 2.05) is 7.05 Å². The van der Waals surface area contributed by atoms with Crippen molar-refractivity contribution in [2.75, 3.05) is 33.2 Å². The van der Waals surface area contributed by atoms with Crippen LogP contribution in [0.1, 0.15) is 19.8 Å². The maximum atomic E-state index is 12.0.